The molecule has 0 fully saturated rings. The van der Waals surface area contributed by atoms with E-state index in [0.717, 1.165) is 12.4 Å². The SMILES string of the molecule is COCCC[C@@]1(C)C(=O)c2c(O)c(=O)c(C(=O)NCc3c(F)cc(F)cc3F)cn2C[C@@H]1OC.COCCC[C@@]1(C)C(=O)c2c(O)c(=O)c(C(=O)NCc3ccccc3F)cn2C[C@@H]1OC.COCCC[C@]1(C)C(=O)c2c(O)c(=O)c(C(=O)NCc3c(F)cc(F)cc3F)cn2C[C@@H]1OC. The van der Waals surface area contributed by atoms with Crippen molar-refractivity contribution in [3.8, 4) is 17.2 Å². The van der Waals surface area contributed by atoms with Crippen LogP contribution in [0.25, 0.3) is 0 Å². The van der Waals surface area contributed by atoms with Gasteiger partial charge in [0.2, 0.25) is 16.3 Å². The van der Waals surface area contributed by atoms with Crippen LogP contribution < -0.4 is 32.2 Å². The number of amides is 3. The highest BCUT2D eigenvalue weighted by Gasteiger charge is 2.51. The maximum Gasteiger partial charge on any atom is 0.257 e. The number of aromatic hydroxyl groups is 3. The fourth-order valence-electron chi connectivity index (χ4n) is 12.5. The van der Waals surface area contributed by atoms with E-state index in [0.29, 0.717) is 82.6 Å². The summed E-state index contributed by atoms with van der Waals surface area (Å²) in [7, 11) is 8.98. The Hall–Kier alpha value is -9.40. The summed E-state index contributed by atoms with van der Waals surface area (Å²) in [5.74, 6) is -14.4. The van der Waals surface area contributed by atoms with Gasteiger partial charge in [0.25, 0.3) is 17.7 Å². The van der Waals surface area contributed by atoms with Crippen LogP contribution in [-0.2, 0) is 67.7 Å². The van der Waals surface area contributed by atoms with E-state index >= 15 is 0 Å². The van der Waals surface area contributed by atoms with Crippen LogP contribution in [0.5, 0.6) is 17.2 Å². The van der Waals surface area contributed by atoms with Crippen molar-refractivity contribution < 1.29 is 103 Å². The summed E-state index contributed by atoms with van der Waals surface area (Å²) in [6, 6.07) is 7.79. The van der Waals surface area contributed by atoms with Gasteiger partial charge in [-0.3, -0.25) is 43.2 Å². The number of carbonyl (C=O) groups is 6. The van der Waals surface area contributed by atoms with Crippen LogP contribution in [0.4, 0.5) is 30.7 Å². The molecular weight excluding hydrogens is 1330 g/mol. The lowest BCUT2D eigenvalue weighted by Gasteiger charge is -2.41. The van der Waals surface area contributed by atoms with Crippen LogP contribution in [0.1, 0.15) is 139 Å². The molecule has 6 aromatic rings. The number of hydrogen-bond donors (Lipinski definition) is 6. The Balaban J connectivity index is 0.000000211. The van der Waals surface area contributed by atoms with Gasteiger partial charge < -0.3 is 73.4 Å². The molecule has 0 saturated heterocycles. The molecule has 100 heavy (non-hydrogen) atoms. The lowest BCUT2D eigenvalue weighted by atomic mass is 9.72. The summed E-state index contributed by atoms with van der Waals surface area (Å²) in [4.78, 5) is 116. The zero-order valence-corrected chi connectivity index (χ0v) is 56.1. The molecule has 9 rings (SSSR count). The van der Waals surface area contributed by atoms with Crippen molar-refractivity contribution >= 4 is 35.1 Å². The van der Waals surface area contributed by atoms with Crippen molar-refractivity contribution in [2.75, 3.05) is 62.5 Å². The van der Waals surface area contributed by atoms with E-state index < -0.39 is 179 Å². The van der Waals surface area contributed by atoms with Gasteiger partial charge in [-0.25, -0.2) is 30.7 Å². The predicted molar refractivity (Wildman–Crippen MR) is 343 cm³/mol. The number of ether oxygens (including phenoxy) is 6. The molecule has 0 spiro atoms. The first kappa shape index (κ1) is 77.9. The Labute approximate surface area is 567 Å². The Morgan fingerprint density at radius 3 is 1.00 bits per heavy atom. The first-order chi connectivity index (χ1) is 47.3. The molecular formula is C69H77F7N6O18. The van der Waals surface area contributed by atoms with Crippen molar-refractivity contribution in [3.05, 3.63) is 189 Å². The number of nitrogens with zero attached hydrogens (tertiary/aromatic N) is 3. The van der Waals surface area contributed by atoms with E-state index in [1.165, 1.54) is 73.6 Å². The molecule has 540 valence electrons. The van der Waals surface area contributed by atoms with Crippen LogP contribution in [0.2, 0.25) is 0 Å². The molecule has 0 aliphatic carbocycles. The molecule has 0 unspecified atom stereocenters. The average Bonchev–Trinajstić information content (AvgIpc) is 0.752. The largest absolute Gasteiger partial charge is 0.503 e. The highest BCUT2D eigenvalue weighted by Crippen LogP contribution is 2.43. The number of ketones is 3. The summed E-state index contributed by atoms with van der Waals surface area (Å²) >= 11 is 0. The van der Waals surface area contributed by atoms with E-state index in [1.54, 1.807) is 33.9 Å². The van der Waals surface area contributed by atoms with Gasteiger partial charge in [0.05, 0.1) is 54.2 Å². The number of pyridine rings is 3. The Morgan fingerprint density at radius 2 is 0.730 bits per heavy atom. The molecule has 6 atom stereocenters. The van der Waals surface area contributed by atoms with E-state index in [-0.39, 0.29) is 54.4 Å². The first-order valence-corrected chi connectivity index (χ1v) is 31.3. The summed E-state index contributed by atoms with van der Waals surface area (Å²) in [6.45, 7) is 5.20. The number of Topliss-reactive ketones (excluding diaryl/α,β-unsaturated/α-hetero) is 3. The second kappa shape index (κ2) is 33.2. The number of methoxy groups -OCH3 is 6. The molecule has 6 N–H and O–H groups in total. The van der Waals surface area contributed by atoms with Gasteiger partial charge in [0, 0.05) is 142 Å². The van der Waals surface area contributed by atoms with Crippen molar-refractivity contribution in [1.29, 1.82) is 0 Å². The molecule has 3 aromatic heterocycles. The van der Waals surface area contributed by atoms with Crippen LogP contribution in [-0.4, -0.2) is 145 Å². The van der Waals surface area contributed by atoms with Gasteiger partial charge in [0.1, 0.15) is 74.5 Å². The van der Waals surface area contributed by atoms with Crippen molar-refractivity contribution in [2.24, 2.45) is 16.2 Å². The number of halogens is 7. The minimum absolute atomic E-state index is 0.0659. The molecule has 3 aliphatic rings. The third kappa shape index (κ3) is 16.2. The highest BCUT2D eigenvalue weighted by molar-refractivity contribution is 6.05. The standard InChI is InChI=1S/2C23H25F3N2O6.C23H27FN2O6/c2*1-23(5-4-6-33-2)17(34-3)11-28-10-14(19(29)20(30)18(28)21(23)31)22(32)27-9-13-15(25)7-12(24)8-16(13)26;1-23(9-6-10-31-2)17(32-3)13-26-12-15(19(27)20(28)18(26)21(23)29)22(30)25-11-14-7-4-5-8-16(14)24/h2*7-8,10,17,30H,4-6,9,11H2,1-3H3,(H,27,32);4-5,7-8,12,17,28H,6,9-11,13H2,1-3H3,(H,25,30)/t17-,23+;17-,23-;17-,23+/m000/s1. The molecule has 0 bridgehead atoms. The third-order valence-corrected chi connectivity index (χ3v) is 18.4. The normalized spacial score (nSPS) is 19.8. The van der Waals surface area contributed by atoms with Gasteiger partial charge >= 0.3 is 0 Å². The maximum absolute atomic E-state index is 13.8. The highest BCUT2D eigenvalue weighted by atomic mass is 19.2. The minimum atomic E-state index is -1.20. The second-order valence-corrected chi connectivity index (χ2v) is 24.7. The summed E-state index contributed by atoms with van der Waals surface area (Å²) in [5, 5.41) is 38.5. The monoisotopic (exact) mass is 1410 g/mol. The molecule has 3 amide bonds. The number of aromatic nitrogens is 3. The molecule has 3 aromatic carbocycles. The molecule has 0 saturated carbocycles. The van der Waals surface area contributed by atoms with E-state index in [4.69, 9.17) is 28.4 Å². The van der Waals surface area contributed by atoms with Crippen LogP contribution in [0, 0.1) is 57.0 Å². The molecule has 0 radical (unpaired) electrons. The number of carbonyl (C=O) groups excluding carboxylic acids is 6. The summed E-state index contributed by atoms with van der Waals surface area (Å²) < 4.78 is 131. The Bertz CT molecular complexity index is 4070. The zero-order chi connectivity index (χ0) is 73.9. The summed E-state index contributed by atoms with van der Waals surface area (Å²) in [5.41, 5.74) is -9.20. The van der Waals surface area contributed by atoms with Crippen molar-refractivity contribution in [1.82, 2.24) is 29.7 Å². The number of hydrogen-bond acceptors (Lipinski definition) is 18. The molecule has 31 heteroatoms. The van der Waals surface area contributed by atoms with Gasteiger partial charge in [0.15, 0.2) is 34.6 Å². The van der Waals surface area contributed by atoms with Gasteiger partial charge in [-0.1, -0.05) is 18.2 Å². The quantitative estimate of drug-likeness (QED) is 0.0255. The molecule has 24 nitrogen and oxygen atoms in total. The predicted octanol–water partition coefficient (Wildman–Crippen LogP) is 7.36. The van der Waals surface area contributed by atoms with Crippen LogP contribution in [0.3, 0.4) is 0 Å². The number of fused-ring (bicyclic) bond motifs is 3. The lowest BCUT2D eigenvalue weighted by molar-refractivity contribution is -0.0212. The first-order valence-electron chi connectivity index (χ1n) is 31.3. The number of rotatable bonds is 24. The number of nitrogens with one attached hydrogen (secondary N) is 3. The Kier molecular flexibility index (Phi) is 25.9. The van der Waals surface area contributed by atoms with Crippen molar-refractivity contribution in [2.45, 2.75) is 117 Å². The fraction of sp³-hybridized carbons (Fsp3) is 0.435. The molecule has 6 heterocycles. The van der Waals surface area contributed by atoms with E-state index in [9.17, 15) is 89.2 Å². The topological polar surface area (TPSA) is 321 Å². The third-order valence-electron chi connectivity index (χ3n) is 18.4. The van der Waals surface area contributed by atoms with Gasteiger partial charge in [-0.05, 0) is 65.4 Å². The van der Waals surface area contributed by atoms with E-state index in [1.807, 2.05) is 0 Å². The minimum Gasteiger partial charge on any atom is -0.503 e. The molecule has 3 aliphatic heterocycles. The summed E-state index contributed by atoms with van der Waals surface area (Å²) in [6.07, 6.45) is 4.55. The smallest absolute Gasteiger partial charge is 0.257 e. The van der Waals surface area contributed by atoms with E-state index in [2.05, 4.69) is 16.0 Å². The number of benzene rings is 3. The second-order valence-electron chi connectivity index (χ2n) is 24.7. The van der Waals surface area contributed by atoms with Gasteiger partial charge in [-0.2, -0.15) is 0 Å². The van der Waals surface area contributed by atoms with Crippen molar-refractivity contribution in [3.63, 3.8) is 0 Å². The fourth-order valence-corrected chi connectivity index (χ4v) is 12.5. The Morgan fingerprint density at radius 1 is 0.450 bits per heavy atom. The van der Waals surface area contributed by atoms with Gasteiger partial charge in [-0.15, -0.1) is 0 Å². The maximum atomic E-state index is 13.8. The lowest BCUT2D eigenvalue weighted by Crippen LogP contribution is -2.50. The zero-order valence-electron chi connectivity index (χ0n) is 56.1. The average molecular weight is 1410 g/mol. The van der Waals surface area contributed by atoms with Crippen LogP contribution in [0.15, 0.2) is 81.5 Å². The van der Waals surface area contributed by atoms with Crippen LogP contribution >= 0.6 is 0 Å².